The van der Waals surface area contributed by atoms with Crippen molar-refractivity contribution in [1.82, 2.24) is 20.7 Å². The van der Waals surface area contributed by atoms with Crippen LogP contribution in [0.25, 0.3) is 0 Å². The minimum Gasteiger partial charge on any atom is -0.359 e. The Labute approximate surface area is 195 Å². The number of guanidine groups is 1. The summed E-state index contributed by atoms with van der Waals surface area (Å²) in [6.45, 7) is 10.4. The van der Waals surface area contributed by atoms with Gasteiger partial charge in [-0.2, -0.15) is 0 Å². The number of hydrogen-bond acceptors (Lipinski definition) is 4. The van der Waals surface area contributed by atoms with E-state index in [2.05, 4.69) is 46.5 Å². The summed E-state index contributed by atoms with van der Waals surface area (Å²) in [7, 11) is 0. The van der Waals surface area contributed by atoms with E-state index in [9.17, 15) is 4.39 Å². The molecule has 166 valence electrons. The van der Waals surface area contributed by atoms with Crippen molar-refractivity contribution in [3.05, 3.63) is 53.2 Å². The molecule has 0 aliphatic carbocycles. The lowest BCUT2D eigenvalue weighted by Crippen LogP contribution is -2.48. The summed E-state index contributed by atoms with van der Waals surface area (Å²) < 4.78 is 18.4. The molecule has 0 radical (unpaired) electrons. The van der Waals surface area contributed by atoms with Gasteiger partial charge in [-0.1, -0.05) is 31.1 Å². The van der Waals surface area contributed by atoms with Gasteiger partial charge in [0.2, 0.25) is 0 Å². The smallest absolute Gasteiger partial charge is 0.191 e. The lowest BCUT2D eigenvalue weighted by molar-refractivity contribution is 0.198. The van der Waals surface area contributed by atoms with Gasteiger partial charge in [0.25, 0.3) is 0 Å². The molecule has 0 spiro atoms. The molecule has 30 heavy (non-hydrogen) atoms. The first kappa shape index (κ1) is 24.6. The van der Waals surface area contributed by atoms with Gasteiger partial charge in [0.15, 0.2) is 11.7 Å². The molecule has 2 heterocycles. The lowest BCUT2D eigenvalue weighted by atomic mass is 10.0. The highest BCUT2D eigenvalue weighted by Crippen LogP contribution is 2.16. The van der Waals surface area contributed by atoms with Crippen molar-refractivity contribution in [3.63, 3.8) is 0 Å². The zero-order chi connectivity index (χ0) is 20.6. The summed E-state index contributed by atoms with van der Waals surface area (Å²) in [5.74, 6) is 1.76. The van der Waals surface area contributed by atoms with Crippen molar-refractivity contribution in [1.29, 1.82) is 0 Å². The molecule has 1 fully saturated rings. The van der Waals surface area contributed by atoms with Crippen LogP contribution in [0.3, 0.4) is 0 Å². The molecular formula is C22H33FIN5O. The van der Waals surface area contributed by atoms with Crippen molar-refractivity contribution in [3.8, 4) is 0 Å². The molecule has 1 aliphatic rings. The first-order chi connectivity index (χ1) is 14.0. The number of aliphatic imine (C=N–C) groups is 1. The summed E-state index contributed by atoms with van der Waals surface area (Å²) in [4.78, 5) is 7.07. The maximum absolute atomic E-state index is 13.1. The molecule has 0 unspecified atom stereocenters. The molecule has 0 atom stereocenters. The van der Waals surface area contributed by atoms with Crippen LogP contribution < -0.4 is 10.6 Å². The molecule has 1 aromatic heterocycles. The molecule has 2 aromatic rings. The molecule has 1 saturated heterocycles. The van der Waals surface area contributed by atoms with E-state index in [1.807, 2.05) is 18.2 Å². The number of nitrogens with zero attached hydrogens (tertiary/aromatic N) is 3. The Morgan fingerprint density at radius 3 is 2.57 bits per heavy atom. The molecule has 6 nitrogen and oxygen atoms in total. The average molecular weight is 529 g/mol. The van der Waals surface area contributed by atoms with Gasteiger partial charge in [-0.3, -0.25) is 4.90 Å². The fraction of sp³-hybridized carbons (Fsp3) is 0.545. The van der Waals surface area contributed by atoms with E-state index in [1.165, 1.54) is 12.1 Å². The fourth-order valence-electron chi connectivity index (χ4n) is 3.43. The minimum absolute atomic E-state index is 0. The van der Waals surface area contributed by atoms with Crippen LogP contribution in [0.1, 0.15) is 56.5 Å². The molecule has 8 heteroatoms. The van der Waals surface area contributed by atoms with Crippen molar-refractivity contribution in [2.24, 2.45) is 4.99 Å². The van der Waals surface area contributed by atoms with Crippen LogP contribution in [0.4, 0.5) is 4.39 Å². The first-order valence-electron chi connectivity index (χ1n) is 10.5. The summed E-state index contributed by atoms with van der Waals surface area (Å²) in [6.07, 6.45) is 2.09. The number of halogens is 2. The van der Waals surface area contributed by atoms with Crippen molar-refractivity contribution in [2.75, 3.05) is 19.6 Å². The van der Waals surface area contributed by atoms with E-state index in [0.717, 1.165) is 62.0 Å². The van der Waals surface area contributed by atoms with Gasteiger partial charge in [0.05, 0.1) is 5.69 Å². The van der Waals surface area contributed by atoms with E-state index in [0.29, 0.717) is 18.5 Å². The number of hydrogen-bond donors (Lipinski definition) is 2. The highest BCUT2D eigenvalue weighted by Gasteiger charge is 2.20. The average Bonchev–Trinajstić information content (AvgIpc) is 3.19. The number of rotatable bonds is 7. The SMILES string of the molecule is CCNC(=NCc1cc(C(C)C)no1)NC1CCN(Cc2ccc(F)cc2)CC1.I. The largest absolute Gasteiger partial charge is 0.359 e. The Hall–Kier alpha value is -1.68. The lowest BCUT2D eigenvalue weighted by Gasteiger charge is -2.33. The maximum Gasteiger partial charge on any atom is 0.191 e. The van der Waals surface area contributed by atoms with E-state index in [-0.39, 0.29) is 29.8 Å². The third-order valence-electron chi connectivity index (χ3n) is 5.15. The summed E-state index contributed by atoms with van der Waals surface area (Å²) in [6, 6.07) is 9.15. The van der Waals surface area contributed by atoms with Crippen LogP contribution in [0.2, 0.25) is 0 Å². The van der Waals surface area contributed by atoms with Crippen LogP contribution in [-0.2, 0) is 13.1 Å². The Kier molecular flexibility index (Phi) is 10.0. The van der Waals surface area contributed by atoms with E-state index in [4.69, 9.17) is 4.52 Å². The zero-order valence-corrected chi connectivity index (χ0v) is 20.4. The van der Waals surface area contributed by atoms with Crippen LogP contribution >= 0.6 is 24.0 Å². The Morgan fingerprint density at radius 2 is 1.97 bits per heavy atom. The standard InChI is InChI=1S/C22H32FN5O.HI/c1-4-24-22(25-14-20-13-21(16(2)3)27-29-20)26-19-9-11-28(12-10-19)15-17-5-7-18(23)8-6-17;/h5-8,13,16,19H,4,9-12,14-15H2,1-3H3,(H2,24,25,26);1H. The maximum atomic E-state index is 13.1. The molecule has 3 rings (SSSR count). The number of nitrogens with one attached hydrogen (secondary N) is 2. The molecule has 1 aliphatic heterocycles. The van der Waals surface area contributed by atoms with E-state index < -0.39 is 0 Å². The zero-order valence-electron chi connectivity index (χ0n) is 18.0. The third-order valence-corrected chi connectivity index (χ3v) is 5.15. The van der Waals surface area contributed by atoms with E-state index in [1.54, 1.807) is 0 Å². The van der Waals surface area contributed by atoms with Crippen molar-refractivity contribution < 1.29 is 8.91 Å². The third kappa shape index (κ3) is 7.54. The normalized spacial score (nSPS) is 15.8. The number of aromatic nitrogens is 1. The second-order valence-electron chi connectivity index (χ2n) is 7.89. The van der Waals surface area contributed by atoms with E-state index >= 15 is 0 Å². The van der Waals surface area contributed by atoms with Crippen LogP contribution in [0.5, 0.6) is 0 Å². The Balaban J connectivity index is 0.00000320. The highest BCUT2D eigenvalue weighted by atomic mass is 127. The second-order valence-corrected chi connectivity index (χ2v) is 7.89. The topological polar surface area (TPSA) is 65.7 Å². The molecule has 2 N–H and O–H groups in total. The molecule has 0 amide bonds. The molecule has 1 aromatic carbocycles. The minimum atomic E-state index is -0.183. The Morgan fingerprint density at radius 1 is 1.27 bits per heavy atom. The number of benzene rings is 1. The van der Waals surface area contributed by atoms with Gasteiger partial charge >= 0.3 is 0 Å². The van der Waals surface area contributed by atoms with Crippen LogP contribution in [0, 0.1) is 5.82 Å². The number of likely N-dealkylation sites (tertiary alicyclic amines) is 1. The molecular weight excluding hydrogens is 496 g/mol. The second kappa shape index (κ2) is 12.2. The van der Waals surface area contributed by atoms with Crippen molar-refractivity contribution in [2.45, 2.75) is 58.7 Å². The quantitative estimate of drug-likeness (QED) is 0.319. The summed E-state index contributed by atoms with van der Waals surface area (Å²) in [5.41, 5.74) is 2.11. The molecule has 0 bridgehead atoms. The van der Waals surface area contributed by atoms with Crippen LogP contribution in [0.15, 0.2) is 39.8 Å². The monoisotopic (exact) mass is 529 g/mol. The van der Waals surface area contributed by atoms with Crippen molar-refractivity contribution >= 4 is 29.9 Å². The van der Waals surface area contributed by atoms with Gasteiger partial charge in [-0.25, -0.2) is 9.38 Å². The highest BCUT2D eigenvalue weighted by molar-refractivity contribution is 14.0. The predicted octanol–water partition coefficient (Wildman–Crippen LogP) is 4.27. The van der Waals surface area contributed by atoms with Gasteiger partial charge in [-0.05, 0) is 43.4 Å². The Bertz CT molecular complexity index is 785. The predicted molar refractivity (Wildman–Crippen MR) is 129 cm³/mol. The summed E-state index contributed by atoms with van der Waals surface area (Å²) in [5, 5.41) is 11.0. The van der Waals surface area contributed by atoms with Gasteiger partial charge < -0.3 is 15.2 Å². The van der Waals surface area contributed by atoms with Crippen LogP contribution in [-0.4, -0.2) is 41.7 Å². The fourth-order valence-corrected chi connectivity index (χ4v) is 3.43. The molecule has 0 saturated carbocycles. The number of piperidine rings is 1. The first-order valence-corrected chi connectivity index (χ1v) is 10.5. The van der Waals surface area contributed by atoms with Gasteiger partial charge in [0, 0.05) is 38.3 Å². The van der Waals surface area contributed by atoms with Gasteiger partial charge in [-0.15, -0.1) is 24.0 Å². The van der Waals surface area contributed by atoms with Gasteiger partial charge in [0.1, 0.15) is 12.4 Å². The summed E-state index contributed by atoms with van der Waals surface area (Å²) >= 11 is 0.